The largest absolute Gasteiger partial charge is 0.349 e. The van der Waals surface area contributed by atoms with Crippen LogP contribution in [0.25, 0.3) is 0 Å². The summed E-state index contributed by atoms with van der Waals surface area (Å²) >= 11 is 0. The normalized spacial score (nSPS) is 27.0. The van der Waals surface area contributed by atoms with Gasteiger partial charge in [0.05, 0.1) is 13.1 Å². The molecular weight excluding hydrogens is 180 g/mol. The van der Waals surface area contributed by atoms with Gasteiger partial charge in [0.25, 0.3) is 5.96 Å². The number of quaternary nitrogens is 1. The van der Waals surface area contributed by atoms with Crippen LogP contribution in [0.15, 0.2) is 0 Å². The van der Waals surface area contributed by atoms with Crippen molar-refractivity contribution in [2.24, 2.45) is 11.7 Å². The van der Waals surface area contributed by atoms with Gasteiger partial charge in [-0.05, 0) is 0 Å². The van der Waals surface area contributed by atoms with E-state index in [9.17, 15) is 4.79 Å². The highest BCUT2D eigenvalue weighted by atomic mass is 16.2. The van der Waals surface area contributed by atoms with Crippen LogP contribution in [-0.2, 0) is 4.79 Å². The fourth-order valence-corrected chi connectivity index (χ4v) is 1.85. The highest BCUT2D eigenvalue weighted by Gasteiger charge is 2.29. The van der Waals surface area contributed by atoms with E-state index in [1.165, 1.54) is 0 Å². The van der Waals surface area contributed by atoms with Crippen LogP contribution in [0, 0.1) is 11.3 Å². The van der Waals surface area contributed by atoms with Gasteiger partial charge in [0.15, 0.2) is 0 Å². The van der Waals surface area contributed by atoms with Crippen molar-refractivity contribution in [2.75, 3.05) is 27.2 Å². The standard InChI is InChI=1S/C9H18N4O/c1-12(2)8(14)7-3-5-13(6-4-7)9(10)11/h7H,3-6H2,1-2H3,(H3,10,11)/p+1. The molecule has 1 rings (SSSR count). The second kappa shape index (κ2) is 4.41. The Bertz CT molecular complexity index is 231. The maximum atomic E-state index is 11.6. The van der Waals surface area contributed by atoms with Gasteiger partial charge in [-0.2, -0.15) is 0 Å². The molecule has 1 aliphatic heterocycles. The van der Waals surface area contributed by atoms with E-state index in [0.29, 0.717) is 0 Å². The maximum Gasteiger partial charge on any atom is 0.290 e. The molecule has 5 heteroatoms. The van der Waals surface area contributed by atoms with Crippen molar-refractivity contribution in [1.82, 2.24) is 4.90 Å². The van der Waals surface area contributed by atoms with Crippen LogP contribution < -0.4 is 10.6 Å². The van der Waals surface area contributed by atoms with E-state index in [4.69, 9.17) is 11.1 Å². The zero-order valence-corrected chi connectivity index (χ0v) is 8.84. The van der Waals surface area contributed by atoms with Crippen LogP contribution >= 0.6 is 0 Å². The molecule has 0 spiro atoms. The van der Waals surface area contributed by atoms with Crippen LogP contribution in [0.4, 0.5) is 0 Å². The molecule has 14 heavy (non-hydrogen) atoms. The fourth-order valence-electron chi connectivity index (χ4n) is 1.85. The fraction of sp³-hybridized carbons (Fsp3) is 0.778. The van der Waals surface area contributed by atoms with Gasteiger partial charge in [-0.15, -0.1) is 0 Å². The highest BCUT2D eigenvalue weighted by molar-refractivity contribution is 5.78. The highest BCUT2D eigenvalue weighted by Crippen LogP contribution is 2.11. The Kier molecular flexibility index (Phi) is 3.46. The third kappa shape index (κ3) is 2.45. The van der Waals surface area contributed by atoms with Gasteiger partial charge in [0.1, 0.15) is 0 Å². The Morgan fingerprint density at radius 2 is 1.93 bits per heavy atom. The molecule has 0 aliphatic carbocycles. The number of guanidine groups is 1. The van der Waals surface area contributed by atoms with E-state index in [1.54, 1.807) is 19.0 Å². The van der Waals surface area contributed by atoms with Crippen molar-refractivity contribution in [2.45, 2.75) is 12.8 Å². The third-order valence-corrected chi connectivity index (χ3v) is 2.76. The molecule has 0 atom stereocenters. The van der Waals surface area contributed by atoms with Gasteiger partial charge in [0, 0.05) is 32.9 Å². The van der Waals surface area contributed by atoms with E-state index >= 15 is 0 Å². The number of hydrogen-bond acceptors (Lipinski definition) is 2. The van der Waals surface area contributed by atoms with Gasteiger partial charge in [0.2, 0.25) is 5.91 Å². The summed E-state index contributed by atoms with van der Waals surface area (Å²) in [6.07, 6.45) is 1.68. The van der Waals surface area contributed by atoms with Crippen LogP contribution in [0.2, 0.25) is 0 Å². The number of carbonyl (C=O) groups excluding carboxylic acids is 1. The molecule has 0 aromatic carbocycles. The molecule has 0 radical (unpaired) electrons. The number of nitrogens with one attached hydrogen (secondary N) is 2. The lowest BCUT2D eigenvalue weighted by Gasteiger charge is -2.28. The Balaban J connectivity index is 2.43. The smallest absolute Gasteiger partial charge is 0.290 e. The van der Waals surface area contributed by atoms with Crippen LogP contribution in [-0.4, -0.2) is 44.0 Å². The SMILES string of the molecule is CN(C)C(=O)C1CC[NH+](C(=N)N)CC1. The second-order valence-electron chi connectivity index (χ2n) is 4.02. The number of amides is 1. The molecule has 1 fully saturated rings. The zero-order valence-electron chi connectivity index (χ0n) is 8.84. The molecule has 1 saturated heterocycles. The molecule has 1 amide bonds. The average Bonchev–Trinajstić information content (AvgIpc) is 2.16. The van der Waals surface area contributed by atoms with Gasteiger partial charge in [-0.3, -0.25) is 9.69 Å². The lowest BCUT2D eigenvalue weighted by Crippen LogP contribution is -3.17. The van der Waals surface area contributed by atoms with Crippen molar-refractivity contribution in [1.29, 1.82) is 5.41 Å². The van der Waals surface area contributed by atoms with Gasteiger partial charge in [-0.1, -0.05) is 0 Å². The second-order valence-corrected chi connectivity index (χ2v) is 4.02. The predicted octanol–water partition coefficient (Wildman–Crippen LogP) is -1.74. The first kappa shape index (κ1) is 11.0. The molecule has 0 aromatic rings. The van der Waals surface area contributed by atoms with Crippen LogP contribution in [0.3, 0.4) is 0 Å². The van der Waals surface area contributed by atoms with Crippen molar-refractivity contribution >= 4 is 11.9 Å². The minimum absolute atomic E-state index is 0.132. The van der Waals surface area contributed by atoms with Crippen molar-refractivity contribution in [3.05, 3.63) is 0 Å². The Morgan fingerprint density at radius 1 is 1.43 bits per heavy atom. The molecular formula is C9H19N4O+. The summed E-state index contributed by atoms with van der Waals surface area (Å²) in [6, 6.07) is 0. The molecule has 4 N–H and O–H groups in total. The summed E-state index contributed by atoms with van der Waals surface area (Å²) in [5, 5.41) is 7.29. The molecule has 0 aromatic heterocycles. The molecule has 5 nitrogen and oxygen atoms in total. The molecule has 1 heterocycles. The minimum Gasteiger partial charge on any atom is -0.349 e. The number of rotatable bonds is 1. The maximum absolute atomic E-state index is 11.6. The number of nitrogens with two attached hydrogens (primary N) is 1. The summed E-state index contributed by atoms with van der Waals surface area (Å²) < 4.78 is 0. The van der Waals surface area contributed by atoms with Crippen molar-refractivity contribution in [3.8, 4) is 0 Å². The van der Waals surface area contributed by atoms with Crippen molar-refractivity contribution in [3.63, 3.8) is 0 Å². The Hall–Kier alpha value is -1.10. The monoisotopic (exact) mass is 199 g/mol. The first-order valence-electron chi connectivity index (χ1n) is 4.92. The number of piperidine rings is 1. The Morgan fingerprint density at radius 3 is 2.29 bits per heavy atom. The van der Waals surface area contributed by atoms with E-state index in [1.807, 2.05) is 0 Å². The molecule has 0 bridgehead atoms. The predicted molar refractivity (Wildman–Crippen MR) is 54.0 cm³/mol. The van der Waals surface area contributed by atoms with Crippen molar-refractivity contribution < 1.29 is 9.69 Å². The van der Waals surface area contributed by atoms with E-state index in [2.05, 4.69) is 0 Å². The minimum atomic E-state index is 0.132. The summed E-state index contributed by atoms with van der Waals surface area (Å²) in [7, 11) is 3.57. The Labute approximate surface area is 84.4 Å². The number of likely N-dealkylation sites (tertiary alicyclic amines) is 1. The van der Waals surface area contributed by atoms with Gasteiger partial charge < -0.3 is 10.6 Å². The summed E-state index contributed by atoms with van der Waals surface area (Å²) in [5.41, 5.74) is 5.40. The summed E-state index contributed by atoms with van der Waals surface area (Å²) in [5.74, 6) is 0.529. The van der Waals surface area contributed by atoms with Crippen LogP contribution in [0.1, 0.15) is 12.8 Å². The summed E-state index contributed by atoms with van der Waals surface area (Å²) in [6.45, 7) is 1.61. The molecule has 0 saturated carbocycles. The summed E-state index contributed by atoms with van der Waals surface area (Å²) in [4.78, 5) is 14.3. The first-order chi connectivity index (χ1) is 6.52. The molecule has 1 aliphatic rings. The van der Waals surface area contributed by atoms with E-state index in [-0.39, 0.29) is 17.8 Å². The third-order valence-electron chi connectivity index (χ3n) is 2.76. The van der Waals surface area contributed by atoms with Gasteiger partial charge >= 0.3 is 0 Å². The molecule has 0 unspecified atom stereocenters. The topological polar surface area (TPSA) is 74.6 Å². The molecule has 80 valence electrons. The van der Waals surface area contributed by atoms with E-state index in [0.717, 1.165) is 30.8 Å². The lowest BCUT2D eigenvalue weighted by atomic mass is 9.96. The zero-order chi connectivity index (χ0) is 10.7. The van der Waals surface area contributed by atoms with Gasteiger partial charge in [-0.25, -0.2) is 5.41 Å². The lowest BCUT2D eigenvalue weighted by molar-refractivity contribution is -0.815. The first-order valence-corrected chi connectivity index (χ1v) is 4.92. The number of nitrogens with zero attached hydrogens (tertiary/aromatic N) is 1. The number of hydrogen-bond donors (Lipinski definition) is 3. The quantitative estimate of drug-likeness (QED) is 0.346. The van der Waals surface area contributed by atoms with E-state index < -0.39 is 0 Å². The van der Waals surface area contributed by atoms with Crippen LogP contribution in [0.5, 0.6) is 0 Å². The average molecular weight is 199 g/mol. The number of carbonyl (C=O) groups is 1.